The Bertz CT molecular complexity index is 1080. The number of hydrogen-bond acceptors (Lipinski definition) is 4. The van der Waals surface area contributed by atoms with E-state index < -0.39 is 22.0 Å². The molecule has 192 valence electrons. The number of sulfonamides is 1. The molecule has 0 aromatic heterocycles. The molecule has 1 N–H and O–H groups in total. The molecule has 0 spiro atoms. The molecule has 0 bridgehead atoms. The molecule has 2 aromatic rings. The van der Waals surface area contributed by atoms with E-state index in [0.717, 1.165) is 46.5 Å². The largest absolute Gasteiger partial charge is 0.354 e. The average molecular weight is 502 g/mol. The van der Waals surface area contributed by atoms with E-state index in [1.807, 2.05) is 64.1 Å². The van der Waals surface area contributed by atoms with Crippen LogP contribution in [0.5, 0.6) is 0 Å². The van der Waals surface area contributed by atoms with Gasteiger partial charge in [0.2, 0.25) is 21.8 Å². The molecule has 0 saturated carbocycles. The van der Waals surface area contributed by atoms with Crippen molar-refractivity contribution in [3.63, 3.8) is 0 Å². The van der Waals surface area contributed by atoms with Crippen LogP contribution in [0.2, 0.25) is 0 Å². The van der Waals surface area contributed by atoms with E-state index in [1.165, 1.54) is 4.90 Å². The SMILES string of the molecule is CCCCNC(=O)C(CC)N(Cc1cccc(C)c1)C(=O)CN(c1ccc(CC)cc1)S(C)(=O)=O. The van der Waals surface area contributed by atoms with Crippen LogP contribution in [-0.2, 0) is 32.6 Å². The Morgan fingerprint density at radius 2 is 1.69 bits per heavy atom. The van der Waals surface area contributed by atoms with Crippen LogP contribution >= 0.6 is 0 Å². The van der Waals surface area contributed by atoms with E-state index in [-0.39, 0.29) is 19.0 Å². The Kier molecular flexibility index (Phi) is 10.8. The maximum atomic E-state index is 13.7. The molecule has 35 heavy (non-hydrogen) atoms. The molecule has 0 aliphatic carbocycles. The Hall–Kier alpha value is -2.87. The number of amides is 2. The van der Waals surface area contributed by atoms with Gasteiger partial charge in [0.25, 0.3) is 0 Å². The number of rotatable bonds is 13. The van der Waals surface area contributed by atoms with E-state index in [4.69, 9.17) is 0 Å². The van der Waals surface area contributed by atoms with Crippen molar-refractivity contribution in [3.8, 4) is 0 Å². The summed E-state index contributed by atoms with van der Waals surface area (Å²) in [5.74, 6) is -0.644. The maximum absolute atomic E-state index is 13.7. The number of unbranched alkanes of at least 4 members (excludes halogenated alkanes) is 1. The van der Waals surface area contributed by atoms with Gasteiger partial charge >= 0.3 is 0 Å². The van der Waals surface area contributed by atoms with Crippen LogP contribution in [0, 0.1) is 6.92 Å². The van der Waals surface area contributed by atoms with E-state index in [9.17, 15) is 18.0 Å². The second kappa shape index (κ2) is 13.3. The summed E-state index contributed by atoms with van der Waals surface area (Å²) in [7, 11) is -3.73. The van der Waals surface area contributed by atoms with Crippen molar-refractivity contribution in [2.75, 3.05) is 23.7 Å². The Balaban J connectivity index is 2.39. The lowest BCUT2D eigenvalue weighted by atomic mass is 10.1. The zero-order valence-corrected chi connectivity index (χ0v) is 22.4. The normalized spacial score (nSPS) is 12.1. The third-order valence-corrected chi connectivity index (χ3v) is 7.10. The first-order valence-corrected chi connectivity index (χ1v) is 14.1. The highest BCUT2D eigenvalue weighted by Gasteiger charge is 2.31. The number of anilines is 1. The first-order valence-electron chi connectivity index (χ1n) is 12.3. The van der Waals surface area contributed by atoms with Gasteiger partial charge in [0.15, 0.2) is 0 Å². The maximum Gasteiger partial charge on any atom is 0.244 e. The van der Waals surface area contributed by atoms with Crippen LogP contribution in [0.4, 0.5) is 5.69 Å². The fourth-order valence-corrected chi connectivity index (χ4v) is 4.79. The molecule has 2 aromatic carbocycles. The monoisotopic (exact) mass is 501 g/mol. The summed E-state index contributed by atoms with van der Waals surface area (Å²) < 4.78 is 26.5. The van der Waals surface area contributed by atoms with Crippen molar-refractivity contribution in [3.05, 3.63) is 65.2 Å². The summed E-state index contributed by atoms with van der Waals surface area (Å²) in [5.41, 5.74) is 3.43. The van der Waals surface area contributed by atoms with Crippen molar-refractivity contribution in [2.24, 2.45) is 0 Å². The van der Waals surface area contributed by atoms with E-state index in [2.05, 4.69) is 5.32 Å². The third kappa shape index (κ3) is 8.38. The fourth-order valence-electron chi connectivity index (χ4n) is 3.94. The Labute approximate surface area is 210 Å². The summed E-state index contributed by atoms with van der Waals surface area (Å²) >= 11 is 0. The summed E-state index contributed by atoms with van der Waals surface area (Å²) in [6.45, 7) is 8.27. The van der Waals surface area contributed by atoms with Gasteiger partial charge in [-0.25, -0.2) is 8.42 Å². The number of carbonyl (C=O) groups excluding carboxylic acids is 2. The number of hydrogen-bond donors (Lipinski definition) is 1. The minimum Gasteiger partial charge on any atom is -0.354 e. The summed E-state index contributed by atoms with van der Waals surface area (Å²) in [6, 6.07) is 14.2. The van der Waals surface area contributed by atoms with Crippen LogP contribution in [0.15, 0.2) is 48.5 Å². The number of aryl methyl sites for hydroxylation is 2. The first-order chi connectivity index (χ1) is 16.6. The average Bonchev–Trinajstić information content (AvgIpc) is 2.82. The second-order valence-electron chi connectivity index (χ2n) is 8.87. The minimum atomic E-state index is -3.73. The smallest absolute Gasteiger partial charge is 0.244 e. The molecule has 0 radical (unpaired) electrons. The van der Waals surface area contributed by atoms with Crippen LogP contribution < -0.4 is 9.62 Å². The van der Waals surface area contributed by atoms with E-state index >= 15 is 0 Å². The summed E-state index contributed by atoms with van der Waals surface area (Å²) in [4.78, 5) is 28.2. The molecule has 1 atom stereocenters. The van der Waals surface area contributed by atoms with Crippen LogP contribution in [0.25, 0.3) is 0 Å². The van der Waals surface area contributed by atoms with Gasteiger partial charge in [-0.1, -0.05) is 69.2 Å². The lowest BCUT2D eigenvalue weighted by Crippen LogP contribution is -2.52. The Morgan fingerprint density at radius 3 is 2.23 bits per heavy atom. The van der Waals surface area contributed by atoms with Gasteiger partial charge in [0.05, 0.1) is 11.9 Å². The second-order valence-corrected chi connectivity index (χ2v) is 10.8. The van der Waals surface area contributed by atoms with Gasteiger partial charge in [-0.15, -0.1) is 0 Å². The minimum absolute atomic E-state index is 0.215. The molecule has 1 unspecified atom stereocenters. The quantitative estimate of drug-likeness (QED) is 0.420. The highest BCUT2D eigenvalue weighted by atomic mass is 32.2. The summed E-state index contributed by atoms with van der Waals surface area (Å²) in [6.07, 6.45) is 4.13. The van der Waals surface area contributed by atoms with Crippen molar-refractivity contribution >= 4 is 27.5 Å². The first kappa shape index (κ1) is 28.4. The standard InChI is InChI=1S/C27H39N3O4S/c1-6-9-17-28-27(32)25(8-3)29(19-23-12-10-11-21(4)18-23)26(31)20-30(35(5,33)34)24-15-13-22(7-2)14-16-24/h10-16,18,25H,6-9,17,19-20H2,1-5H3,(H,28,32). The number of benzene rings is 2. The van der Waals surface area contributed by atoms with Crippen LogP contribution in [0.1, 0.15) is 56.7 Å². The third-order valence-electron chi connectivity index (χ3n) is 5.96. The molecule has 2 amide bonds. The number of carbonyl (C=O) groups is 2. The summed E-state index contributed by atoms with van der Waals surface area (Å²) in [5, 5.41) is 2.93. The predicted octanol–water partition coefficient (Wildman–Crippen LogP) is 4.05. The molecule has 0 aliphatic rings. The molecule has 0 fully saturated rings. The van der Waals surface area contributed by atoms with Gasteiger partial charge in [-0.05, 0) is 49.4 Å². The molecular formula is C27H39N3O4S. The van der Waals surface area contributed by atoms with Crippen molar-refractivity contribution in [1.29, 1.82) is 0 Å². The molecule has 8 heteroatoms. The van der Waals surface area contributed by atoms with Crippen LogP contribution in [-0.4, -0.2) is 50.5 Å². The van der Waals surface area contributed by atoms with Gasteiger partial charge in [-0.2, -0.15) is 0 Å². The molecule has 0 saturated heterocycles. The van der Waals surface area contributed by atoms with Gasteiger partial charge in [-0.3, -0.25) is 13.9 Å². The predicted molar refractivity (Wildman–Crippen MR) is 142 cm³/mol. The molecule has 2 rings (SSSR count). The van der Waals surface area contributed by atoms with Crippen LogP contribution in [0.3, 0.4) is 0 Å². The number of nitrogens with one attached hydrogen (secondary N) is 1. The number of nitrogens with zero attached hydrogens (tertiary/aromatic N) is 2. The molecule has 0 heterocycles. The molecule has 0 aliphatic heterocycles. The Morgan fingerprint density at radius 1 is 1.00 bits per heavy atom. The fraction of sp³-hybridized carbons (Fsp3) is 0.481. The lowest BCUT2D eigenvalue weighted by Gasteiger charge is -2.33. The molecular weight excluding hydrogens is 462 g/mol. The van der Waals surface area contributed by atoms with E-state index in [1.54, 1.807) is 12.1 Å². The van der Waals surface area contributed by atoms with Gasteiger partial charge < -0.3 is 10.2 Å². The van der Waals surface area contributed by atoms with Crippen molar-refractivity contribution < 1.29 is 18.0 Å². The van der Waals surface area contributed by atoms with Gasteiger partial charge in [0, 0.05) is 13.1 Å². The zero-order valence-electron chi connectivity index (χ0n) is 21.6. The van der Waals surface area contributed by atoms with E-state index in [0.29, 0.717) is 18.7 Å². The zero-order chi connectivity index (χ0) is 26.0. The topological polar surface area (TPSA) is 86.8 Å². The van der Waals surface area contributed by atoms with Gasteiger partial charge in [0.1, 0.15) is 12.6 Å². The molecule has 7 nitrogen and oxygen atoms in total. The van der Waals surface area contributed by atoms with Crippen molar-refractivity contribution in [1.82, 2.24) is 10.2 Å². The highest BCUT2D eigenvalue weighted by molar-refractivity contribution is 7.92. The van der Waals surface area contributed by atoms with Crippen molar-refractivity contribution in [2.45, 2.75) is 66.0 Å². The highest BCUT2D eigenvalue weighted by Crippen LogP contribution is 2.21. The lowest BCUT2D eigenvalue weighted by molar-refractivity contribution is -0.140.